The summed E-state index contributed by atoms with van der Waals surface area (Å²) < 4.78 is 5.70. The van der Waals surface area contributed by atoms with Crippen molar-refractivity contribution in [3.63, 3.8) is 0 Å². The summed E-state index contributed by atoms with van der Waals surface area (Å²) in [4.78, 5) is 40.9. The van der Waals surface area contributed by atoms with Gasteiger partial charge in [-0.25, -0.2) is 9.97 Å². The minimum absolute atomic E-state index is 0.111. The van der Waals surface area contributed by atoms with Gasteiger partial charge in [-0.15, -0.1) is 0 Å². The van der Waals surface area contributed by atoms with Gasteiger partial charge in [-0.3, -0.25) is 19.5 Å². The van der Waals surface area contributed by atoms with Crippen LogP contribution >= 0.6 is 0 Å². The topological polar surface area (TPSA) is 113 Å². The van der Waals surface area contributed by atoms with Crippen molar-refractivity contribution in [2.75, 3.05) is 43.4 Å². The molecule has 1 fully saturated rings. The van der Waals surface area contributed by atoms with Crippen LogP contribution in [0.5, 0.6) is 5.75 Å². The summed E-state index contributed by atoms with van der Waals surface area (Å²) in [6.45, 7) is 5.98. The van der Waals surface area contributed by atoms with Crippen LogP contribution in [0.15, 0.2) is 24.7 Å². The Morgan fingerprint density at radius 1 is 1.20 bits per heavy atom. The van der Waals surface area contributed by atoms with Gasteiger partial charge < -0.3 is 20.3 Å². The fraction of sp³-hybridized carbons (Fsp3) is 0.450. The van der Waals surface area contributed by atoms with E-state index in [1.807, 2.05) is 13.0 Å². The second kappa shape index (κ2) is 8.62. The molecule has 2 aliphatic heterocycles. The fourth-order valence-electron chi connectivity index (χ4n) is 3.56. The van der Waals surface area contributed by atoms with Crippen LogP contribution in [-0.4, -0.2) is 71.0 Å². The van der Waals surface area contributed by atoms with E-state index in [9.17, 15) is 9.59 Å². The minimum atomic E-state index is -0.451. The summed E-state index contributed by atoms with van der Waals surface area (Å²) in [5.74, 6) is 0.381. The maximum atomic E-state index is 12.0. The second-order valence-corrected chi connectivity index (χ2v) is 7.28. The number of nitrogens with one attached hydrogen (secondary N) is 2. The Kier molecular flexibility index (Phi) is 5.75. The first-order valence-corrected chi connectivity index (χ1v) is 10.0. The van der Waals surface area contributed by atoms with Gasteiger partial charge in [-0.2, -0.15) is 0 Å². The lowest BCUT2D eigenvalue weighted by Crippen LogP contribution is -2.46. The SMILES string of the molecule is CCC1Oc2cnc(CN3CCN(c4cnc(C(=O)NC)nc4)CC3)cc2NC1=O. The van der Waals surface area contributed by atoms with E-state index in [0.717, 1.165) is 37.6 Å². The summed E-state index contributed by atoms with van der Waals surface area (Å²) >= 11 is 0. The second-order valence-electron chi connectivity index (χ2n) is 7.28. The number of pyridine rings is 1. The zero-order chi connectivity index (χ0) is 21.1. The standard InChI is InChI=1S/C20H25N7O3/c1-3-16-19(28)25-15-8-13(22-11-17(15)30-16)12-26-4-6-27(7-5-26)14-9-23-18(24-10-14)20(29)21-2/h8-11,16H,3-7,12H2,1-2H3,(H,21,29)(H,25,28). The summed E-state index contributed by atoms with van der Waals surface area (Å²) in [5.41, 5.74) is 2.47. The molecule has 2 aromatic rings. The number of carbonyl (C=O) groups is 2. The van der Waals surface area contributed by atoms with Crippen LogP contribution in [0.3, 0.4) is 0 Å². The van der Waals surface area contributed by atoms with Crippen molar-refractivity contribution in [3.05, 3.63) is 36.2 Å². The highest BCUT2D eigenvalue weighted by Gasteiger charge is 2.27. The largest absolute Gasteiger partial charge is 0.477 e. The van der Waals surface area contributed by atoms with Gasteiger partial charge in [0.15, 0.2) is 11.9 Å². The van der Waals surface area contributed by atoms with Crippen molar-refractivity contribution in [1.29, 1.82) is 0 Å². The Labute approximate surface area is 174 Å². The molecule has 10 heteroatoms. The van der Waals surface area contributed by atoms with Crippen molar-refractivity contribution < 1.29 is 14.3 Å². The average molecular weight is 411 g/mol. The molecule has 0 bridgehead atoms. The van der Waals surface area contributed by atoms with Crippen molar-refractivity contribution in [1.82, 2.24) is 25.2 Å². The first-order chi connectivity index (χ1) is 14.6. The summed E-state index contributed by atoms with van der Waals surface area (Å²) in [7, 11) is 1.55. The normalized spacial score (nSPS) is 18.9. The molecule has 10 nitrogen and oxygen atoms in total. The van der Waals surface area contributed by atoms with Gasteiger partial charge in [0.05, 0.1) is 35.7 Å². The van der Waals surface area contributed by atoms with Crippen LogP contribution in [-0.2, 0) is 11.3 Å². The fourth-order valence-corrected chi connectivity index (χ4v) is 3.56. The molecule has 158 valence electrons. The minimum Gasteiger partial charge on any atom is -0.477 e. The van der Waals surface area contributed by atoms with Gasteiger partial charge in [-0.1, -0.05) is 6.92 Å². The highest BCUT2D eigenvalue weighted by molar-refractivity contribution is 5.97. The number of anilines is 2. The number of piperazine rings is 1. The number of rotatable bonds is 5. The third kappa shape index (κ3) is 4.18. The molecule has 2 aromatic heterocycles. The monoisotopic (exact) mass is 411 g/mol. The summed E-state index contributed by atoms with van der Waals surface area (Å²) in [5, 5.41) is 5.43. The molecule has 1 atom stereocenters. The van der Waals surface area contributed by atoms with Crippen molar-refractivity contribution in [2.24, 2.45) is 0 Å². The Morgan fingerprint density at radius 2 is 1.93 bits per heavy atom. The van der Waals surface area contributed by atoms with E-state index in [-0.39, 0.29) is 17.6 Å². The first-order valence-electron chi connectivity index (χ1n) is 10.0. The Bertz CT molecular complexity index is 926. The molecule has 1 unspecified atom stereocenters. The number of carbonyl (C=O) groups excluding carboxylic acids is 2. The highest BCUT2D eigenvalue weighted by atomic mass is 16.5. The van der Waals surface area contributed by atoms with Crippen molar-refractivity contribution in [2.45, 2.75) is 26.0 Å². The lowest BCUT2D eigenvalue weighted by Gasteiger charge is -2.35. The van der Waals surface area contributed by atoms with E-state index >= 15 is 0 Å². The van der Waals surface area contributed by atoms with Crippen LogP contribution in [0.4, 0.5) is 11.4 Å². The Balaban J connectivity index is 1.34. The van der Waals surface area contributed by atoms with Gasteiger partial charge in [0, 0.05) is 39.8 Å². The van der Waals surface area contributed by atoms with E-state index in [1.165, 1.54) is 0 Å². The van der Waals surface area contributed by atoms with E-state index in [1.54, 1.807) is 25.6 Å². The maximum absolute atomic E-state index is 12.0. The zero-order valence-corrected chi connectivity index (χ0v) is 17.1. The van der Waals surface area contributed by atoms with Crippen LogP contribution in [0.2, 0.25) is 0 Å². The number of amides is 2. The number of hydrogen-bond donors (Lipinski definition) is 2. The molecule has 0 spiro atoms. The molecule has 4 rings (SSSR count). The Morgan fingerprint density at radius 3 is 2.60 bits per heavy atom. The summed E-state index contributed by atoms with van der Waals surface area (Å²) in [6, 6.07) is 1.89. The van der Waals surface area contributed by atoms with E-state index in [0.29, 0.717) is 24.4 Å². The predicted octanol–water partition coefficient (Wildman–Crippen LogP) is 0.663. The zero-order valence-electron chi connectivity index (χ0n) is 17.1. The molecule has 2 N–H and O–H groups in total. The van der Waals surface area contributed by atoms with Crippen LogP contribution < -0.4 is 20.3 Å². The van der Waals surface area contributed by atoms with Gasteiger partial charge in [0.1, 0.15) is 0 Å². The quantitative estimate of drug-likeness (QED) is 0.738. The molecule has 0 saturated carbocycles. The van der Waals surface area contributed by atoms with Crippen LogP contribution in [0.1, 0.15) is 29.7 Å². The average Bonchev–Trinajstić information content (AvgIpc) is 2.78. The Hall–Kier alpha value is -3.27. The molecule has 0 aromatic carbocycles. The molecule has 2 amide bonds. The number of hydrogen-bond acceptors (Lipinski definition) is 8. The summed E-state index contributed by atoms with van der Waals surface area (Å²) in [6.07, 6.45) is 5.23. The van der Waals surface area contributed by atoms with Crippen molar-refractivity contribution >= 4 is 23.2 Å². The first kappa shape index (κ1) is 20.0. The van der Waals surface area contributed by atoms with E-state index in [4.69, 9.17) is 4.74 Å². The molecule has 0 radical (unpaired) electrons. The lowest BCUT2D eigenvalue weighted by molar-refractivity contribution is -0.123. The van der Waals surface area contributed by atoms with Crippen LogP contribution in [0.25, 0.3) is 0 Å². The van der Waals surface area contributed by atoms with Crippen LogP contribution in [0, 0.1) is 0 Å². The number of ether oxygens (including phenoxy) is 1. The van der Waals surface area contributed by atoms with E-state index < -0.39 is 6.10 Å². The van der Waals surface area contributed by atoms with Gasteiger partial charge in [-0.05, 0) is 12.5 Å². The maximum Gasteiger partial charge on any atom is 0.288 e. The van der Waals surface area contributed by atoms with Gasteiger partial charge in [0.2, 0.25) is 5.82 Å². The molecule has 0 aliphatic carbocycles. The lowest BCUT2D eigenvalue weighted by atomic mass is 10.2. The molecule has 2 aliphatic rings. The van der Waals surface area contributed by atoms with Crippen molar-refractivity contribution in [3.8, 4) is 5.75 Å². The number of fused-ring (bicyclic) bond motifs is 1. The van der Waals surface area contributed by atoms with Gasteiger partial charge in [0.25, 0.3) is 11.8 Å². The number of aromatic nitrogens is 3. The molecular weight excluding hydrogens is 386 g/mol. The smallest absolute Gasteiger partial charge is 0.288 e. The molecular formula is C20H25N7O3. The third-order valence-electron chi connectivity index (χ3n) is 5.31. The third-order valence-corrected chi connectivity index (χ3v) is 5.31. The predicted molar refractivity (Wildman–Crippen MR) is 110 cm³/mol. The number of nitrogens with zero attached hydrogens (tertiary/aromatic N) is 5. The highest BCUT2D eigenvalue weighted by Crippen LogP contribution is 2.30. The van der Waals surface area contributed by atoms with Gasteiger partial charge >= 0.3 is 0 Å². The van der Waals surface area contributed by atoms with E-state index in [2.05, 4.69) is 35.4 Å². The molecule has 30 heavy (non-hydrogen) atoms. The molecule has 1 saturated heterocycles. The molecule has 4 heterocycles.